The van der Waals surface area contributed by atoms with Crippen LogP contribution in [0.3, 0.4) is 0 Å². The van der Waals surface area contributed by atoms with E-state index < -0.39 is 17.6 Å². The number of hydrogen-bond acceptors (Lipinski definition) is 4. The Hall–Kier alpha value is -2.02. The number of hydrogen-bond donors (Lipinski definition) is 1. The van der Waals surface area contributed by atoms with Gasteiger partial charge in [0.05, 0.1) is 12.7 Å². The van der Waals surface area contributed by atoms with Crippen LogP contribution in [0, 0.1) is 18.6 Å². The maximum absolute atomic E-state index is 14.0. The van der Waals surface area contributed by atoms with Crippen molar-refractivity contribution in [2.24, 2.45) is 0 Å². The SMILES string of the molecule is COc1ccc(F)c(-c2nc(C(=O)O)c(C)s2)c1F. The van der Waals surface area contributed by atoms with Gasteiger partial charge >= 0.3 is 5.97 Å². The molecular formula is C12H9F2NO3S. The molecule has 4 nitrogen and oxygen atoms in total. The molecule has 0 atom stereocenters. The number of rotatable bonds is 3. The lowest BCUT2D eigenvalue weighted by Crippen LogP contribution is -1.99. The Morgan fingerprint density at radius 2 is 2.11 bits per heavy atom. The molecule has 19 heavy (non-hydrogen) atoms. The monoisotopic (exact) mass is 285 g/mol. The molecule has 0 radical (unpaired) electrons. The lowest BCUT2D eigenvalue weighted by molar-refractivity contribution is 0.0690. The number of aryl methyl sites for hydroxylation is 1. The molecule has 1 N–H and O–H groups in total. The molecule has 0 saturated carbocycles. The number of thiazole rings is 1. The highest BCUT2D eigenvalue weighted by Gasteiger charge is 2.22. The summed E-state index contributed by atoms with van der Waals surface area (Å²) in [4.78, 5) is 15.0. The number of nitrogens with zero attached hydrogens (tertiary/aromatic N) is 1. The van der Waals surface area contributed by atoms with Crippen molar-refractivity contribution in [2.45, 2.75) is 6.92 Å². The minimum atomic E-state index is -1.23. The molecule has 0 fully saturated rings. The van der Waals surface area contributed by atoms with E-state index in [0.717, 1.165) is 23.5 Å². The van der Waals surface area contributed by atoms with Crippen molar-refractivity contribution < 1.29 is 23.4 Å². The highest BCUT2D eigenvalue weighted by Crippen LogP contribution is 2.35. The summed E-state index contributed by atoms with van der Waals surface area (Å²) < 4.78 is 32.5. The Morgan fingerprint density at radius 1 is 1.42 bits per heavy atom. The quantitative estimate of drug-likeness (QED) is 0.941. The Bertz CT molecular complexity index is 655. The van der Waals surface area contributed by atoms with Crippen LogP contribution in [0.2, 0.25) is 0 Å². The second-order valence-corrected chi connectivity index (χ2v) is 4.87. The molecule has 2 aromatic rings. The van der Waals surface area contributed by atoms with Crippen LogP contribution in [0.25, 0.3) is 10.6 Å². The van der Waals surface area contributed by atoms with E-state index in [-0.39, 0.29) is 22.0 Å². The van der Waals surface area contributed by atoms with Crippen molar-refractivity contribution in [1.82, 2.24) is 4.98 Å². The van der Waals surface area contributed by atoms with Crippen molar-refractivity contribution in [2.75, 3.05) is 7.11 Å². The largest absolute Gasteiger partial charge is 0.494 e. The van der Waals surface area contributed by atoms with E-state index in [9.17, 15) is 13.6 Å². The number of halogens is 2. The van der Waals surface area contributed by atoms with Gasteiger partial charge in [0, 0.05) is 4.88 Å². The number of aromatic carboxylic acids is 1. The summed E-state index contributed by atoms with van der Waals surface area (Å²) in [5.74, 6) is -3.07. The second kappa shape index (κ2) is 4.93. The highest BCUT2D eigenvalue weighted by atomic mass is 32.1. The van der Waals surface area contributed by atoms with Gasteiger partial charge in [0.1, 0.15) is 10.8 Å². The number of aromatic nitrogens is 1. The summed E-state index contributed by atoms with van der Waals surface area (Å²) in [6, 6.07) is 2.21. The summed E-state index contributed by atoms with van der Waals surface area (Å²) >= 11 is 0.916. The van der Waals surface area contributed by atoms with Crippen LogP contribution in [0.1, 0.15) is 15.4 Å². The maximum Gasteiger partial charge on any atom is 0.355 e. The van der Waals surface area contributed by atoms with E-state index in [1.165, 1.54) is 14.0 Å². The van der Waals surface area contributed by atoms with Gasteiger partial charge in [-0.15, -0.1) is 11.3 Å². The summed E-state index contributed by atoms with van der Waals surface area (Å²) in [5, 5.41) is 8.87. The van der Waals surface area contributed by atoms with Gasteiger partial charge in [-0.3, -0.25) is 0 Å². The van der Waals surface area contributed by atoms with E-state index in [2.05, 4.69) is 4.98 Å². The van der Waals surface area contributed by atoms with Crippen LogP contribution in [0.5, 0.6) is 5.75 Å². The molecule has 1 heterocycles. The standard InChI is InChI=1S/C12H9F2NO3S/c1-5-10(12(16)17)15-11(19-5)8-6(13)3-4-7(18-2)9(8)14/h3-4H,1-2H3,(H,16,17). The number of carboxylic acid groups (broad SMARTS) is 1. The summed E-state index contributed by atoms with van der Waals surface area (Å²) in [6.07, 6.45) is 0. The second-order valence-electron chi connectivity index (χ2n) is 3.67. The molecule has 1 aromatic heterocycles. The molecule has 0 aliphatic carbocycles. The van der Waals surface area contributed by atoms with Crippen molar-refractivity contribution in [3.8, 4) is 16.3 Å². The van der Waals surface area contributed by atoms with Gasteiger partial charge in [-0.2, -0.15) is 0 Å². The molecule has 7 heteroatoms. The van der Waals surface area contributed by atoms with Gasteiger partial charge < -0.3 is 9.84 Å². The zero-order valence-corrected chi connectivity index (χ0v) is 10.8. The van der Waals surface area contributed by atoms with E-state index >= 15 is 0 Å². The van der Waals surface area contributed by atoms with E-state index in [0.29, 0.717) is 4.88 Å². The molecule has 1 aromatic carbocycles. The van der Waals surface area contributed by atoms with Crippen LogP contribution in [-0.2, 0) is 0 Å². The fourth-order valence-electron chi connectivity index (χ4n) is 1.59. The molecular weight excluding hydrogens is 276 g/mol. The number of ether oxygens (including phenoxy) is 1. The molecule has 0 unspecified atom stereocenters. The summed E-state index contributed by atoms with van der Waals surface area (Å²) in [6.45, 7) is 1.53. The third-order valence-electron chi connectivity index (χ3n) is 2.49. The Balaban J connectivity index is 2.65. The smallest absolute Gasteiger partial charge is 0.355 e. The lowest BCUT2D eigenvalue weighted by atomic mass is 10.2. The first-order valence-electron chi connectivity index (χ1n) is 5.18. The van der Waals surface area contributed by atoms with Crippen molar-refractivity contribution in [3.05, 3.63) is 34.3 Å². The predicted molar refractivity (Wildman–Crippen MR) is 65.7 cm³/mol. The minimum absolute atomic E-state index is 0.0243. The number of methoxy groups -OCH3 is 1. The maximum atomic E-state index is 14.0. The van der Waals surface area contributed by atoms with E-state index in [1.54, 1.807) is 0 Å². The van der Waals surface area contributed by atoms with Crippen molar-refractivity contribution in [3.63, 3.8) is 0 Å². The number of carboxylic acids is 1. The summed E-state index contributed by atoms with van der Waals surface area (Å²) in [7, 11) is 1.26. The third-order valence-corrected chi connectivity index (χ3v) is 3.48. The first kappa shape index (κ1) is 13.4. The van der Waals surface area contributed by atoms with Gasteiger partial charge in [-0.25, -0.2) is 18.6 Å². The Labute approximate surface area is 111 Å². The topological polar surface area (TPSA) is 59.4 Å². The molecule has 0 saturated heterocycles. The first-order valence-corrected chi connectivity index (χ1v) is 6.00. The van der Waals surface area contributed by atoms with Gasteiger partial charge in [0.25, 0.3) is 0 Å². The molecule has 0 amide bonds. The lowest BCUT2D eigenvalue weighted by Gasteiger charge is -2.06. The van der Waals surface area contributed by atoms with Gasteiger partial charge in [0.2, 0.25) is 0 Å². The zero-order valence-electron chi connectivity index (χ0n) is 10.0. The molecule has 0 spiro atoms. The average molecular weight is 285 g/mol. The molecule has 0 bridgehead atoms. The molecule has 0 aliphatic heterocycles. The van der Waals surface area contributed by atoms with E-state index in [4.69, 9.17) is 9.84 Å². The fourth-order valence-corrected chi connectivity index (χ4v) is 2.53. The normalized spacial score (nSPS) is 10.5. The van der Waals surface area contributed by atoms with Gasteiger partial charge in [0.15, 0.2) is 17.3 Å². The average Bonchev–Trinajstić information content (AvgIpc) is 2.71. The molecule has 0 aliphatic rings. The number of carbonyl (C=O) groups is 1. The predicted octanol–water partition coefficient (Wildman–Crippen LogP) is 3.10. The minimum Gasteiger partial charge on any atom is -0.494 e. The molecule has 2 rings (SSSR count). The third kappa shape index (κ3) is 2.28. The summed E-state index contributed by atoms with van der Waals surface area (Å²) in [5.41, 5.74) is -0.582. The highest BCUT2D eigenvalue weighted by molar-refractivity contribution is 7.15. The Kier molecular flexibility index (Phi) is 3.48. The van der Waals surface area contributed by atoms with Gasteiger partial charge in [-0.1, -0.05) is 0 Å². The van der Waals surface area contributed by atoms with Crippen LogP contribution >= 0.6 is 11.3 Å². The number of benzene rings is 1. The van der Waals surface area contributed by atoms with E-state index in [1.807, 2.05) is 0 Å². The van der Waals surface area contributed by atoms with Crippen molar-refractivity contribution in [1.29, 1.82) is 0 Å². The Morgan fingerprint density at radius 3 is 2.63 bits per heavy atom. The van der Waals surface area contributed by atoms with Crippen LogP contribution < -0.4 is 4.74 Å². The van der Waals surface area contributed by atoms with Gasteiger partial charge in [-0.05, 0) is 19.1 Å². The molecule has 100 valence electrons. The van der Waals surface area contributed by atoms with Crippen LogP contribution in [0.15, 0.2) is 12.1 Å². The fraction of sp³-hybridized carbons (Fsp3) is 0.167. The van der Waals surface area contributed by atoms with Crippen LogP contribution in [-0.4, -0.2) is 23.2 Å². The van der Waals surface area contributed by atoms with Crippen LogP contribution in [0.4, 0.5) is 8.78 Å². The zero-order chi connectivity index (χ0) is 14.2. The van der Waals surface area contributed by atoms with Crippen molar-refractivity contribution >= 4 is 17.3 Å². The first-order chi connectivity index (χ1) is 8.95.